The Morgan fingerprint density at radius 3 is 2.05 bits per heavy atom. The minimum Gasteiger partial charge on any atom is -0.115 e. The minimum absolute atomic E-state index is 0.172. The molecule has 1 aromatic carbocycles. The lowest BCUT2D eigenvalue weighted by Crippen LogP contribution is -2.20. The van der Waals surface area contributed by atoms with Gasteiger partial charge < -0.3 is 0 Å². The fourth-order valence-corrected chi connectivity index (χ4v) is 3.30. The summed E-state index contributed by atoms with van der Waals surface area (Å²) >= 11 is 0. The molecule has 0 aromatic heterocycles. The topological polar surface area (TPSA) is 0 Å². The van der Waals surface area contributed by atoms with Crippen LogP contribution in [0.4, 0.5) is 0 Å². The number of rotatable bonds is 3. The lowest BCUT2D eigenvalue weighted by Gasteiger charge is -2.31. The first-order chi connectivity index (χ1) is 9.25. The second kappa shape index (κ2) is 5.28. The minimum atomic E-state index is 0.172. The predicted octanol–water partition coefficient (Wildman–Crippen LogP) is 5.60. The summed E-state index contributed by atoms with van der Waals surface area (Å²) < 4.78 is 0. The van der Waals surface area contributed by atoms with E-state index in [-0.39, 0.29) is 5.41 Å². The van der Waals surface area contributed by atoms with E-state index in [2.05, 4.69) is 59.6 Å². The molecule has 1 atom stereocenters. The summed E-state index contributed by atoms with van der Waals surface area (Å²) in [7, 11) is 0. The van der Waals surface area contributed by atoms with Gasteiger partial charge in [-0.3, -0.25) is 0 Å². The van der Waals surface area contributed by atoms with Gasteiger partial charge >= 0.3 is 0 Å². The van der Waals surface area contributed by atoms with E-state index in [1.165, 1.54) is 29.5 Å². The van der Waals surface area contributed by atoms with Gasteiger partial charge in [-0.25, -0.2) is 0 Å². The van der Waals surface area contributed by atoms with E-state index in [4.69, 9.17) is 6.42 Å². The number of benzene rings is 1. The Morgan fingerprint density at radius 2 is 1.65 bits per heavy atom. The van der Waals surface area contributed by atoms with Crippen molar-refractivity contribution in [1.82, 2.24) is 0 Å². The summed E-state index contributed by atoms with van der Waals surface area (Å²) in [6.45, 7) is 13.9. The average Bonchev–Trinajstić information content (AvgIpc) is 3.19. The molecule has 0 bridgehead atoms. The van der Waals surface area contributed by atoms with Gasteiger partial charge in [0, 0.05) is 5.56 Å². The third-order valence-electron chi connectivity index (χ3n) is 4.56. The molecular formula is C20H28. The molecule has 1 fully saturated rings. The highest BCUT2D eigenvalue weighted by molar-refractivity contribution is 5.50. The quantitative estimate of drug-likeness (QED) is 0.626. The second-order valence-corrected chi connectivity index (χ2v) is 7.70. The maximum atomic E-state index is 5.69. The number of hydrogen-bond donors (Lipinski definition) is 0. The first-order valence-electron chi connectivity index (χ1n) is 7.90. The molecule has 0 aliphatic heterocycles. The molecule has 1 aliphatic rings. The Hall–Kier alpha value is -1.22. The monoisotopic (exact) mass is 268 g/mol. The van der Waals surface area contributed by atoms with E-state index in [9.17, 15) is 0 Å². The van der Waals surface area contributed by atoms with Crippen LogP contribution in [0.3, 0.4) is 0 Å². The third kappa shape index (κ3) is 2.93. The summed E-state index contributed by atoms with van der Waals surface area (Å²) in [5.41, 5.74) is 5.69. The molecule has 1 saturated carbocycles. The van der Waals surface area contributed by atoms with Crippen LogP contribution < -0.4 is 0 Å². The van der Waals surface area contributed by atoms with Crippen LogP contribution in [0.15, 0.2) is 12.1 Å². The van der Waals surface area contributed by atoms with E-state index in [0.29, 0.717) is 11.8 Å². The molecule has 20 heavy (non-hydrogen) atoms. The molecule has 1 aliphatic carbocycles. The van der Waals surface area contributed by atoms with Crippen molar-refractivity contribution < 1.29 is 0 Å². The largest absolute Gasteiger partial charge is 0.115 e. The number of hydrogen-bond acceptors (Lipinski definition) is 0. The van der Waals surface area contributed by atoms with Crippen molar-refractivity contribution in [2.45, 2.75) is 71.6 Å². The van der Waals surface area contributed by atoms with Crippen molar-refractivity contribution in [1.29, 1.82) is 0 Å². The van der Waals surface area contributed by atoms with E-state index in [1.807, 2.05) is 0 Å². The molecule has 1 unspecified atom stereocenters. The molecule has 0 saturated heterocycles. The Balaban J connectivity index is 2.68. The molecule has 0 amide bonds. The van der Waals surface area contributed by atoms with Gasteiger partial charge in [-0.15, -0.1) is 6.42 Å². The standard InChI is InChI=1S/C20H28/c1-8-15-11-17(13(2)3)19(20(5,6)7)18(12-15)14(4)16-9-10-16/h1,11-14,16H,9-10H2,2-7H3. The maximum absolute atomic E-state index is 5.69. The van der Waals surface area contributed by atoms with Crippen molar-refractivity contribution in [2.24, 2.45) is 5.92 Å². The molecule has 0 spiro atoms. The Kier molecular flexibility index (Phi) is 4.01. The van der Waals surface area contributed by atoms with Gasteiger partial charge in [0.15, 0.2) is 0 Å². The second-order valence-electron chi connectivity index (χ2n) is 7.70. The van der Waals surface area contributed by atoms with Crippen LogP contribution in [0, 0.1) is 18.3 Å². The van der Waals surface area contributed by atoms with Crippen molar-refractivity contribution in [3.8, 4) is 12.3 Å². The molecule has 1 aromatic rings. The molecule has 0 N–H and O–H groups in total. The van der Waals surface area contributed by atoms with Crippen LogP contribution in [0.1, 0.15) is 88.5 Å². The fraction of sp³-hybridized carbons (Fsp3) is 0.600. The Labute approximate surface area is 125 Å². The summed E-state index contributed by atoms with van der Waals surface area (Å²) in [5, 5.41) is 0. The van der Waals surface area contributed by atoms with Gasteiger partial charge in [-0.1, -0.05) is 47.5 Å². The highest BCUT2D eigenvalue weighted by Gasteiger charge is 2.33. The van der Waals surface area contributed by atoms with E-state index >= 15 is 0 Å². The normalized spacial score (nSPS) is 17.1. The lowest BCUT2D eigenvalue weighted by molar-refractivity contribution is 0.549. The molecular weight excluding hydrogens is 240 g/mol. The van der Waals surface area contributed by atoms with Gasteiger partial charge in [0.25, 0.3) is 0 Å². The molecule has 0 nitrogen and oxygen atoms in total. The smallest absolute Gasteiger partial charge is 0.0248 e. The van der Waals surface area contributed by atoms with Crippen molar-refractivity contribution >= 4 is 0 Å². The van der Waals surface area contributed by atoms with E-state index < -0.39 is 0 Å². The summed E-state index contributed by atoms with van der Waals surface area (Å²) in [6, 6.07) is 4.50. The fourth-order valence-electron chi connectivity index (χ4n) is 3.30. The third-order valence-corrected chi connectivity index (χ3v) is 4.56. The van der Waals surface area contributed by atoms with Crippen molar-refractivity contribution in [2.75, 3.05) is 0 Å². The van der Waals surface area contributed by atoms with Crippen molar-refractivity contribution in [3.63, 3.8) is 0 Å². The van der Waals surface area contributed by atoms with Gasteiger partial charge in [0.2, 0.25) is 0 Å². The Bertz CT molecular complexity index is 530. The van der Waals surface area contributed by atoms with Gasteiger partial charge in [-0.05, 0) is 64.8 Å². The SMILES string of the molecule is C#Cc1cc(C(C)C)c(C(C)(C)C)c(C(C)C2CC2)c1. The Morgan fingerprint density at radius 1 is 1.10 bits per heavy atom. The van der Waals surface area contributed by atoms with E-state index in [0.717, 1.165) is 11.5 Å². The van der Waals surface area contributed by atoms with Crippen LogP contribution in [0.5, 0.6) is 0 Å². The van der Waals surface area contributed by atoms with Crippen LogP contribution in [0.2, 0.25) is 0 Å². The van der Waals surface area contributed by atoms with Crippen molar-refractivity contribution in [3.05, 3.63) is 34.4 Å². The van der Waals surface area contributed by atoms with Crippen LogP contribution in [0.25, 0.3) is 0 Å². The lowest BCUT2D eigenvalue weighted by atomic mass is 9.74. The molecule has 0 radical (unpaired) electrons. The van der Waals surface area contributed by atoms with Crippen LogP contribution in [-0.4, -0.2) is 0 Å². The molecule has 0 heteroatoms. The first-order valence-corrected chi connectivity index (χ1v) is 7.90. The number of terminal acetylenes is 1. The zero-order chi connectivity index (χ0) is 15.1. The molecule has 108 valence electrons. The highest BCUT2D eigenvalue weighted by atomic mass is 14.4. The van der Waals surface area contributed by atoms with Gasteiger partial charge in [-0.2, -0.15) is 0 Å². The first kappa shape index (κ1) is 15.2. The highest BCUT2D eigenvalue weighted by Crippen LogP contribution is 2.46. The molecule has 0 heterocycles. The summed E-state index contributed by atoms with van der Waals surface area (Å²) in [6.07, 6.45) is 8.44. The zero-order valence-electron chi connectivity index (χ0n) is 13.9. The van der Waals surface area contributed by atoms with Crippen LogP contribution >= 0.6 is 0 Å². The van der Waals surface area contributed by atoms with E-state index in [1.54, 1.807) is 0 Å². The van der Waals surface area contributed by atoms with Crippen LogP contribution in [-0.2, 0) is 5.41 Å². The van der Waals surface area contributed by atoms with Gasteiger partial charge in [0.05, 0.1) is 0 Å². The average molecular weight is 268 g/mol. The molecule has 2 rings (SSSR count). The zero-order valence-corrected chi connectivity index (χ0v) is 13.9. The summed E-state index contributed by atoms with van der Waals surface area (Å²) in [4.78, 5) is 0. The van der Waals surface area contributed by atoms with Gasteiger partial charge in [0.1, 0.15) is 0 Å². The summed E-state index contributed by atoms with van der Waals surface area (Å²) in [5.74, 6) is 4.87. The predicted molar refractivity (Wildman–Crippen MR) is 88.3 cm³/mol. The maximum Gasteiger partial charge on any atom is 0.0248 e.